The molecule has 3 saturated heterocycles. The summed E-state index contributed by atoms with van der Waals surface area (Å²) in [7, 11) is 0. The van der Waals surface area contributed by atoms with Gasteiger partial charge in [0.25, 0.3) is 0 Å². The number of aliphatic hydroxyl groups excluding tert-OH is 1. The average Bonchev–Trinajstić information content (AvgIpc) is 3.46. The second-order valence-corrected chi connectivity index (χ2v) is 11.0. The smallest absolute Gasteiger partial charge is 0.175 e. The first-order chi connectivity index (χ1) is 16.6. The minimum atomic E-state index is -0.154. The van der Waals surface area contributed by atoms with E-state index in [1.54, 1.807) is 6.20 Å². The minimum absolute atomic E-state index is 0.0489. The first kappa shape index (κ1) is 22.3. The third-order valence-electron chi connectivity index (χ3n) is 7.99. The van der Waals surface area contributed by atoms with Crippen LogP contribution in [-0.2, 0) is 11.3 Å². The molecule has 6 heterocycles. The molecular formula is C24H32N6O3S. The van der Waals surface area contributed by atoms with Crippen molar-refractivity contribution >= 4 is 23.4 Å². The summed E-state index contributed by atoms with van der Waals surface area (Å²) in [5.41, 5.74) is 7.12. The Balaban J connectivity index is 1.20. The Morgan fingerprint density at radius 3 is 2.85 bits per heavy atom. The fraction of sp³-hybridized carbons (Fsp3) is 0.625. The molecule has 2 aromatic rings. The normalized spacial score (nSPS) is 27.6. The Morgan fingerprint density at radius 2 is 2.09 bits per heavy atom. The van der Waals surface area contributed by atoms with Crippen LogP contribution in [0.2, 0.25) is 0 Å². The summed E-state index contributed by atoms with van der Waals surface area (Å²) < 4.78 is 12.0. The molecule has 10 heteroatoms. The molecule has 0 aliphatic carbocycles. The Morgan fingerprint density at radius 1 is 1.24 bits per heavy atom. The zero-order valence-electron chi connectivity index (χ0n) is 19.5. The minimum Gasteiger partial charge on any atom is -0.486 e. The van der Waals surface area contributed by atoms with Gasteiger partial charge >= 0.3 is 0 Å². The number of aliphatic hydroxyl groups is 1. The number of rotatable bonds is 4. The van der Waals surface area contributed by atoms with Gasteiger partial charge in [-0.05, 0) is 38.7 Å². The van der Waals surface area contributed by atoms with E-state index in [1.807, 2.05) is 12.3 Å². The van der Waals surface area contributed by atoms with Gasteiger partial charge in [-0.1, -0.05) is 11.8 Å². The highest BCUT2D eigenvalue weighted by Gasteiger charge is 2.47. The summed E-state index contributed by atoms with van der Waals surface area (Å²) in [6, 6.07) is 2.46. The second-order valence-electron chi connectivity index (χ2n) is 9.89. The third kappa shape index (κ3) is 3.71. The maximum absolute atomic E-state index is 10.1. The molecule has 1 unspecified atom stereocenters. The first-order valence-corrected chi connectivity index (χ1v) is 13.0. The highest BCUT2D eigenvalue weighted by Crippen LogP contribution is 2.45. The van der Waals surface area contributed by atoms with Crippen LogP contribution in [0.3, 0.4) is 0 Å². The highest BCUT2D eigenvalue weighted by molar-refractivity contribution is 7.99. The molecule has 0 radical (unpaired) electrons. The van der Waals surface area contributed by atoms with Crippen molar-refractivity contribution in [1.29, 1.82) is 0 Å². The van der Waals surface area contributed by atoms with Crippen LogP contribution in [0.4, 0.5) is 11.6 Å². The number of aromatic nitrogens is 3. The van der Waals surface area contributed by atoms with Crippen LogP contribution in [-0.4, -0.2) is 71.1 Å². The number of fused-ring (bicyclic) bond motifs is 3. The van der Waals surface area contributed by atoms with Crippen molar-refractivity contribution in [2.75, 3.05) is 42.6 Å². The number of ether oxygens (including phenoxy) is 2. The summed E-state index contributed by atoms with van der Waals surface area (Å²) in [5, 5.41) is 10.8. The Labute approximate surface area is 204 Å². The Hall–Kier alpha value is -2.14. The number of anilines is 2. The van der Waals surface area contributed by atoms with Gasteiger partial charge in [-0.15, -0.1) is 0 Å². The largest absolute Gasteiger partial charge is 0.486 e. The molecule has 0 bridgehead atoms. The van der Waals surface area contributed by atoms with Crippen LogP contribution in [0.25, 0.3) is 0 Å². The van der Waals surface area contributed by atoms with Crippen LogP contribution >= 0.6 is 11.8 Å². The molecule has 3 fully saturated rings. The standard InChI is InChI=1S/C24H32N6O3S/c1-15-21(25)24(14-33-15)5-9-29(10-6-24)22-17(12-31)28-19(11-27-22)34-18-4-7-26-23-20(18)32-13-16-3-2-8-30(16)23/h4,7,11,15-16,21,31H,2-3,5-6,8-10,12-14,25H2,1H3/t15-,16?,21+/m0/s1. The van der Waals surface area contributed by atoms with Crippen molar-refractivity contribution in [3.8, 4) is 5.75 Å². The van der Waals surface area contributed by atoms with Gasteiger partial charge < -0.3 is 30.1 Å². The van der Waals surface area contributed by atoms with Crippen molar-refractivity contribution in [1.82, 2.24) is 15.0 Å². The number of hydrogen-bond donors (Lipinski definition) is 2. The van der Waals surface area contributed by atoms with E-state index in [2.05, 4.69) is 21.7 Å². The van der Waals surface area contributed by atoms with Gasteiger partial charge in [-0.25, -0.2) is 15.0 Å². The third-order valence-corrected chi connectivity index (χ3v) is 8.94. The van der Waals surface area contributed by atoms with Crippen molar-refractivity contribution < 1.29 is 14.6 Å². The van der Waals surface area contributed by atoms with Gasteiger partial charge in [0.05, 0.1) is 36.5 Å². The topological polar surface area (TPSA) is 110 Å². The van der Waals surface area contributed by atoms with Crippen LogP contribution in [0.1, 0.15) is 38.3 Å². The van der Waals surface area contributed by atoms with E-state index in [4.69, 9.17) is 25.2 Å². The van der Waals surface area contributed by atoms with Gasteiger partial charge in [0.15, 0.2) is 17.4 Å². The van der Waals surface area contributed by atoms with Gasteiger partial charge in [0, 0.05) is 37.3 Å². The second kappa shape index (κ2) is 8.82. The molecular weight excluding hydrogens is 452 g/mol. The van der Waals surface area contributed by atoms with Crippen LogP contribution in [0, 0.1) is 5.41 Å². The lowest BCUT2D eigenvalue weighted by Gasteiger charge is -2.41. The molecule has 4 aliphatic rings. The molecule has 0 amide bonds. The molecule has 2 aromatic heterocycles. The lowest BCUT2D eigenvalue weighted by atomic mass is 9.73. The van der Waals surface area contributed by atoms with E-state index < -0.39 is 0 Å². The summed E-state index contributed by atoms with van der Waals surface area (Å²) in [6.45, 7) is 6.03. The number of nitrogens with two attached hydrogens (primary N) is 1. The maximum atomic E-state index is 10.1. The van der Waals surface area contributed by atoms with E-state index in [9.17, 15) is 5.11 Å². The molecule has 182 valence electrons. The Kier molecular flexibility index (Phi) is 5.79. The van der Waals surface area contributed by atoms with E-state index >= 15 is 0 Å². The summed E-state index contributed by atoms with van der Waals surface area (Å²) in [4.78, 5) is 19.7. The molecule has 0 aromatic carbocycles. The molecule has 3 N–H and O–H groups in total. The quantitative estimate of drug-likeness (QED) is 0.670. The molecule has 1 spiro atoms. The number of hydrogen-bond acceptors (Lipinski definition) is 10. The first-order valence-electron chi connectivity index (χ1n) is 12.2. The fourth-order valence-electron chi connectivity index (χ4n) is 5.88. The molecule has 6 rings (SSSR count). The van der Waals surface area contributed by atoms with Gasteiger partial charge in [-0.3, -0.25) is 0 Å². The lowest BCUT2D eigenvalue weighted by molar-refractivity contribution is 0.0973. The molecule has 3 atom stereocenters. The molecule has 4 aliphatic heterocycles. The Bertz CT molecular complexity index is 1060. The fourth-order valence-corrected chi connectivity index (χ4v) is 6.74. The maximum Gasteiger partial charge on any atom is 0.175 e. The van der Waals surface area contributed by atoms with Crippen molar-refractivity contribution in [3.63, 3.8) is 0 Å². The molecule has 0 saturated carbocycles. The van der Waals surface area contributed by atoms with E-state index in [1.165, 1.54) is 18.2 Å². The summed E-state index contributed by atoms with van der Waals surface area (Å²) >= 11 is 1.51. The summed E-state index contributed by atoms with van der Waals surface area (Å²) in [6.07, 6.45) is 7.98. The predicted molar refractivity (Wildman–Crippen MR) is 129 cm³/mol. The zero-order chi connectivity index (χ0) is 23.3. The zero-order valence-corrected chi connectivity index (χ0v) is 20.3. The van der Waals surface area contributed by atoms with E-state index in [0.29, 0.717) is 18.3 Å². The van der Waals surface area contributed by atoms with Crippen LogP contribution in [0.15, 0.2) is 28.4 Å². The summed E-state index contributed by atoms with van der Waals surface area (Å²) in [5.74, 6) is 2.51. The van der Waals surface area contributed by atoms with E-state index in [0.717, 1.165) is 72.8 Å². The molecule has 9 nitrogen and oxygen atoms in total. The monoisotopic (exact) mass is 484 g/mol. The number of nitrogens with zero attached hydrogens (tertiary/aromatic N) is 5. The number of piperidine rings is 1. The van der Waals surface area contributed by atoms with Crippen LogP contribution in [0.5, 0.6) is 5.75 Å². The van der Waals surface area contributed by atoms with Crippen molar-refractivity contribution in [2.45, 2.75) is 67.3 Å². The predicted octanol–water partition coefficient (Wildman–Crippen LogP) is 2.21. The lowest BCUT2D eigenvalue weighted by Crippen LogP contribution is -2.51. The van der Waals surface area contributed by atoms with Crippen molar-refractivity contribution in [2.24, 2.45) is 11.1 Å². The molecule has 34 heavy (non-hydrogen) atoms. The van der Waals surface area contributed by atoms with Crippen LogP contribution < -0.4 is 20.3 Å². The van der Waals surface area contributed by atoms with Gasteiger partial charge in [0.1, 0.15) is 17.3 Å². The average molecular weight is 485 g/mol. The van der Waals surface area contributed by atoms with Crippen molar-refractivity contribution in [3.05, 3.63) is 24.2 Å². The SMILES string of the molecule is C[C@@H]1OCC2(CCN(c3ncc(Sc4ccnc5c4OCC4CCCN54)nc3CO)CC2)[C@@H]1N. The number of pyridine rings is 1. The highest BCUT2D eigenvalue weighted by atomic mass is 32.2. The van der Waals surface area contributed by atoms with Gasteiger partial charge in [0.2, 0.25) is 0 Å². The van der Waals surface area contributed by atoms with E-state index in [-0.39, 0.29) is 24.2 Å². The van der Waals surface area contributed by atoms with Gasteiger partial charge in [-0.2, -0.15) is 0 Å².